The van der Waals surface area contributed by atoms with Crippen LogP contribution >= 0.6 is 11.8 Å². The Balaban J connectivity index is 3.61. The third kappa shape index (κ3) is 6.68. The van der Waals surface area contributed by atoms with Crippen molar-refractivity contribution in [3.8, 4) is 0 Å². The monoisotopic (exact) mass is 219 g/mol. The molecule has 1 unspecified atom stereocenters. The molecule has 0 aromatic rings. The summed E-state index contributed by atoms with van der Waals surface area (Å²) in [4.78, 5) is 2.28. The highest BCUT2D eigenvalue weighted by atomic mass is 32.2. The summed E-state index contributed by atoms with van der Waals surface area (Å²) in [6.45, 7) is 8.34. The number of aliphatic hydroxyl groups is 1. The van der Waals surface area contributed by atoms with Gasteiger partial charge < -0.3 is 10.0 Å². The predicted octanol–water partition coefficient (Wildman–Crippen LogP) is 2.08. The molecule has 0 amide bonds. The molecule has 2 nitrogen and oxygen atoms in total. The molecule has 0 saturated carbocycles. The quantitative estimate of drug-likeness (QED) is 0.740. The van der Waals surface area contributed by atoms with Gasteiger partial charge in [-0.2, -0.15) is 11.8 Å². The average Bonchev–Trinajstić information content (AvgIpc) is 2.09. The zero-order valence-electron chi connectivity index (χ0n) is 10.2. The fraction of sp³-hybridized carbons (Fsp3) is 1.00. The Bertz CT molecular complexity index is 145. The highest BCUT2D eigenvalue weighted by Crippen LogP contribution is 2.21. The van der Waals surface area contributed by atoms with E-state index in [1.807, 2.05) is 11.8 Å². The van der Waals surface area contributed by atoms with Crippen LogP contribution in [0.5, 0.6) is 0 Å². The summed E-state index contributed by atoms with van der Waals surface area (Å²) in [6, 6.07) is 0. The van der Waals surface area contributed by atoms with Gasteiger partial charge in [-0.15, -0.1) is 0 Å². The highest BCUT2D eigenvalue weighted by molar-refractivity contribution is 7.98. The number of rotatable bonds is 6. The smallest absolute Gasteiger partial charge is 0.0600 e. The third-order valence-electron chi connectivity index (χ3n) is 2.46. The van der Waals surface area contributed by atoms with Gasteiger partial charge in [0.25, 0.3) is 0 Å². The van der Waals surface area contributed by atoms with Crippen LogP contribution in [-0.2, 0) is 0 Å². The topological polar surface area (TPSA) is 23.5 Å². The molecule has 0 aliphatic carbocycles. The van der Waals surface area contributed by atoms with Gasteiger partial charge >= 0.3 is 0 Å². The first kappa shape index (κ1) is 14.3. The maximum absolute atomic E-state index is 9.83. The van der Waals surface area contributed by atoms with E-state index in [9.17, 15) is 5.11 Å². The van der Waals surface area contributed by atoms with E-state index in [0.717, 1.165) is 19.5 Å². The van der Waals surface area contributed by atoms with Crippen LogP contribution in [0, 0.1) is 5.41 Å². The van der Waals surface area contributed by atoms with Crippen LogP contribution < -0.4 is 0 Å². The lowest BCUT2D eigenvalue weighted by Crippen LogP contribution is -2.31. The molecule has 0 aliphatic rings. The number of thioether (sulfide) groups is 1. The molecule has 1 atom stereocenters. The Morgan fingerprint density at radius 1 is 1.29 bits per heavy atom. The fourth-order valence-electron chi connectivity index (χ4n) is 1.13. The van der Waals surface area contributed by atoms with Crippen LogP contribution in [0.3, 0.4) is 0 Å². The first-order valence-corrected chi connectivity index (χ1v) is 6.63. The molecule has 0 aromatic heterocycles. The maximum atomic E-state index is 9.83. The van der Waals surface area contributed by atoms with Gasteiger partial charge in [-0.25, -0.2) is 0 Å². The molecule has 1 N–H and O–H groups in total. The van der Waals surface area contributed by atoms with Crippen molar-refractivity contribution in [3.05, 3.63) is 0 Å². The van der Waals surface area contributed by atoms with Gasteiger partial charge in [-0.05, 0) is 25.1 Å². The van der Waals surface area contributed by atoms with Crippen molar-refractivity contribution in [3.63, 3.8) is 0 Å². The van der Waals surface area contributed by atoms with Crippen molar-refractivity contribution in [2.45, 2.75) is 33.3 Å². The zero-order valence-corrected chi connectivity index (χ0v) is 11.0. The minimum absolute atomic E-state index is 0.0142. The average molecular weight is 219 g/mol. The van der Waals surface area contributed by atoms with Crippen molar-refractivity contribution in [1.82, 2.24) is 4.90 Å². The lowest BCUT2D eigenvalue weighted by atomic mass is 9.87. The summed E-state index contributed by atoms with van der Waals surface area (Å²) >= 11 is 1.87. The Kier molecular flexibility index (Phi) is 6.83. The molecule has 0 aliphatic heterocycles. The minimum atomic E-state index is -0.195. The third-order valence-corrected chi connectivity index (χ3v) is 3.05. The fourth-order valence-corrected chi connectivity index (χ4v) is 1.63. The van der Waals surface area contributed by atoms with Crippen molar-refractivity contribution in [1.29, 1.82) is 0 Å². The van der Waals surface area contributed by atoms with Gasteiger partial charge in [-0.1, -0.05) is 20.8 Å². The van der Waals surface area contributed by atoms with Crippen molar-refractivity contribution in [2.24, 2.45) is 5.41 Å². The molecular formula is C11H25NOS. The van der Waals surface area contributed by atoms with Crippen molar-refractivity contribution >= 4 is 11.8 Å². The van der Waals surface area contributed by atoms with E-state index in [1.165, 1.54) is 5.75 Å². The second-order valence-corrected chi connectivity index (χ2v) is 5.95. The van der Waals surface area contributed by atoms with Crippen LogP contribution in [-0.4, -0.2) is 48.3 Å². The van der Waals surface area contributed by atoms with E-state index in [-0.39, 0.29) is 11.5 Å². The summed E-state index contributed by atoms with van der Waals surface area (Å²) in [5.74, 6) is 1.17. The molecule has 0 heterocycles. The van der Waals surface area contributed by atoms with Gasteiger partial charge in [0.2, 0.25) is 0 Å². The van der Waals surface area contributed by atoms with Gasteiger partial charge in [0.1, 0.15) is 0 Å². The van der Waals surface area contributed by atoms with E-state index in [0.29, 0.717) is 0 Å². The van der Waals surface area contributed by atoms with E-state index in [4.69, 9.17) is 0 Å². The molecule has 0 aromatic carbocycles. The Morgan fingerprint density at radius 3 is 2.29 bits per heavy atom. The van der Waals surface area contributed by atoms with Gasteiger partial charge in [0.15, 0.2) is 0 Å². The molecular weight excluding hydrogens is 194 g/mol. The molecule has 0 bridgehead atoms. The van der Waals surface area contributed by atoms with Crippen LogP contribution in [0.25, 0.3) is 0 Å². The summed E-state index contributed by atoms with van der Waals surface area (Å²) in [5, 5.41) is 9.83. The number of nitrogens with zero attached hydrogens (tertiary/aromatic N) is 1. The summed E-state index contributed by atoms with van der Waals surface area (Å²) in [7, 11) is 2.12. The Morgan fingerprint density at radius 2 is 1.86 bits per heavy atom. The normalized spacial score (nSPS) is 14.8. The Labute approximate surface area is 93.1 Å². The highest BCUT2D eigenvalue weighted by Gasteiger charge is 2.21. The molecule has 0 rings (SSSR count). The molecule has 86 valence electrons. The molecule has 0 radical (unpaired) electrons. The zero-order chi connectivity index (χ0) is 11.2. The first-order valence-electron chi connectivity index (χ1n) is 5.23. The van der Waals surface area contributed by atoms with E-state index in [1.54, 1.807) is 0 Å². The maximum Gasteiger partial charge on any atom is 0.0600 e. The summed E-state index contributed by atoms with van der Waals surface area (Å²) in [5.41, 5.74) is 0.0142. The van der Waals surface area contributed by atoms with Gasteiger partial charge in [0, 0.05) is 18.8 Å². The van der Waals surface area contributed by atoms with E-state index in [2.05, 4.69) is 39.0 Å². The molecule has 3 heteroatoms. The largest absolute Gasteiger partial charge is 0.393 e. The van der Waals surface area contributed by atoms with Crippen LogP contribution in [0.1, 0.15) is 27.2 Å². The van der Waals surface area contributed by atoms with Crippen molar-refractivity contribution < 1.29 is 5.11 Å². The molecule has 0 fully saturated rings. The number of aliphatic hydroxyl groups excluding tert-OH is 1. The summed E-state index contributed by atoms with van der Waals surface area (Å²) < 4.78 is 0. The SMILES string of the molecule is CSCCN(C)CCC(O)C(C)(C)C. The standard InChI is InChI=1S/C11H25NOS/c1-11(2,3)10(13)6-7-12(4)8-9-14-5/h10,13H,6-9H2,1-5H3. The Hall–Kier alpha value is 0.270. The van der Waals surface area contributed by atoms with Crippen LogP contribution in [0.2, 0.25) is 0 Å². The van der Waals surface area contributed by atoms with Crippen molar-refractivity contribution in [2.75, 3.05) is 32.1 Å². The van der Waals surface area contributed by atoms with Gasteiger partial charge in [-0.3, -0.25) is 0 Å². The minimum Gasteiger partial charge on any atom is -0.393 e. The second kappa shape index (κ2) is 6.70. The molecule has 0 saturated heterocycles. The molecule has 14 heavy (non-hydrogen) atoms. The summed E-state index contributed by atoms with van der Waals surface area (Å²) in [6.07, 6.45) is 2.80. The lowest BCUT2D eigenvalue weighted by Gasteiger charge is -2.27. The van der Waals surface area contributed by atoms with Crippen LogP contribution in [0.15, 0.2) is 0 Å². The lowest BCUT2D eigenvalue weighted by molar-refractivity contribution is 0.0484. The van der Waals surface area contributed by atoms with Crippen LogP contribution in [0.4, 0.5) is 0 Å². The van der Waals surface area contributed by atoms with E-state index < -0.39 is 0 Å². The molecule has 0 spiro atoms. The predicted molar refractivity (Wildman–Crippen MR) is 66.0 cm³/mol. The van der Waals surface area contributed by atoms with Gasteiger partial charge in [0.05, 0.1) is 6.10 Å². The number of hydrogen-bond donors (Lipinski definition) is 1. The second-order valence-electron chi connectivity index (χ2n) is 4.97. The number of hydrogen-bond acceptors (Lipinski definition) is 3. The van der Waals surface area contributed by atoms with E-state index >= 15 is 0 Å². The first-order chi connectivity index (χ1) is 6.38.